The number of nitrogens with one attached hydrogen (secondary N) is 1. The van der Waals surface area contributed by atoms with E-state index in [1.807, 2.05) is 6.92 Å². The molecular weight excluding hydrogens is 252 g/mol. The van der Waals surface area contributed by atoms with Crippen molar-refractivity contribution in [2.45, 2.75) is 70.4 Å². The standard InChI is InChI=1S/C16H30N2O2/c1-3-4-10-19-12-13-20-11-6-5-9-16(2,14-17)18-15-7-8-15/h15,18H,3-13H2,1-2H3. The Bertz CT molecular complexity index is 287. The molecule has 0 aromatic carbocycles. The zero-order valence-electron chi connectivity index (χ0n) is 13.1. The number of ether oxygens (including phenoxy) is 2. The molecule has 1 unspecified atom stereocenters. The summed E-state index contributed by atoms with van der Waals surface area (Å²) in [5, 5.41) is 12.7. The highest BCUT2D eigenvalue weighted by Gasteiger charge is 2.31. The van der Waals surface area contributed by atoms with Gasteiger partial charge in [0.05, 0.1) is 19.3 Å². The minimum Gasteiger partial charge on any atom is -0.379 e. The van der Waals surface area contributed by atoms with Crippen LogP contribution in [0.1, 0.15) is 58.8 Å². The van der Waals surface area contributed by atoms with Gasteiger partial charge in [0.25, 0.3) is 0 Å². The van der Waals surface area contributed by atoms with Gasteiger partial charge in [-0.3, -0.25) is 5.32 Å². The fraction of sp³-hybridized carbons (Fsp3) is 0.938. The summed E-state index contributed by atoms with van der Waals surface area (Å²) in [7, 11) is 0. The van der Waals surface area contributed by atoms with Gasteiger partial charge in [-0.25, -0.2) is 0 Å². The van der Waals surface area contributed by atoms with Gasteiger partial charge in [-0.05, 0) is 45.4 Å². The van der Waals surface area contributed by atoms with E-state index in [1.165, 1.54) is 19.3 Å². The second kappa shape index (κ2) is 10.1. The van der Waals surface area contributed by atoms with E-state index in [9.17, 15) is 5.26 Å². The summed E-state index contributed by atoms with van der Waals surface area (Å²) < 4.78 is 11.0. The highest BCUT2D eigenvalue weighted by molar-refractivity contribution is 5.06. The van der Waals surface area contributed by atoms with Gasteiger partial charge in [-0.2, -0.15) is 5.26 Å². The molecule has 1 saturated carbocycles. The van der Waals surface area contributed by atoms with Crippen LogP contribution in [-0.4, -0.2) is 38.0 Å². The van der Waals surface area contributed by atoms with Crippen molar-refractivity contribution in [1.82, 2.24) is 5.32 Å². The first-order valence-electron chi connectivity index (χ1n) is 8.04. The van der Waals surface area contributed by atoms with Crippen LogP contribution >= 0.6 is 0 Å². The van der Waals surface area contributed by atoms with Gasteiger partial charge in [0.15, 0.2) is 0 Å². The molecule has 0 aliphatic heterocycles. The number of hydrogen-bond donors (Lipinski definition) is 1. The molecule has 116 valence electrons. The fourth-order valence-electron chi connectivity index (χ4n) is 2.09. The Labute approximate surface area is 123 Å². The van der Waals surface area contributed by atoms with Crippen LogP contribution in [0.2, 0.25) is 0 Å². The topological polar surface area (TPSA) is 54.3 Å². The van der Waals surface area contributed by atoms with E-state index < -0.39 is 0 Å². The molecule has 0 heterocycles. The molecule has 20 heavy (non-hydrogen) atoms. The van der Waals surface area contributed by atoms with Gasteiger partial charge in [-0.15, -0.1) is 0 Å². The van der Waals surface area contributed by atoms with Gasteiger partial charge < -0.3 is 9.47 Å². The van der Waals surface area contributed by atoms with Crippen LogP contribution in [0.15, 0.2) is 0 Å². The van der Waals surface area contributed by atoms with Gasteiger partial charge in [0.2, 0.25) is 0 Å². The summed E-state index contributed by atoms with van der Waals surface area (Å²) in [4.78, 5) is 0. The molecule has 4 heteroatoms. The lowest BCUT2D eigenvalue weighted by atomic mass is 9.96. The SMILES string of the molecule is CCCCOCCOCCCCC(C)(C#N)NC1CC1. The lowest BCUT2D eigenvalue weighted by molar-refractivity contribution is 0.0450. The van der Waals surface area contributed by atoms with Crippen molar-refractivity contribution in [2.24, 2.45) is 0 Å². The average Bonchev–Trinajstić information content (AvgIpc) is 3.25. The minimum absolute atomic E-state index is 0.357. The van der Waals surface area contributed by atoms with E-state index in [4.69, 9.17) is 9.47 Å². The van der Waals surface area contributed by atoms with E-state index in [1.54, 1.807) is 0 Å². The third kappa shape index (κ3) is 8.52. The van der Waals surface area contributed by atoms with Crippen LogP contribution in [0.25, 0.3) is 0 Å². The second-order valence-electron chi connectivity index (χ2n) is 5.90. The molecule has 0 aromatic heterocycles. The van der Waals surface area contributed by atoms with Crippen molar-refractivity contribution in [3.05, 3.63) is 0 Å². The Morgan fingerprint density at radius 3 is 2.30 bits per heavy atom. The zero-order chi connectivity index (χ0) is 14.7. The molecule has 1 rings (SSSR count). The third-order valence-corrected chi connectivity index (χ3v) is 3.58. The number of nitriles is 1. The number of hydrogen-bond acceptors (Lipinski definition) is 4. The molecule has 0 amide bonds. The van der Waals surface area contributed by atoms with E-state index in [2.05, 4.69) is 18.3 Å². The van der Waals surface area contributed by atoms with Gasteiger partial charge >= 0.3 is 0 Å². The first-order chi connectivity index (χ1) is 9.70. The molecule has 1 fully saturated rings. The molecule has 0 saturated heterocycles. The predicted octanol–water partition coefficient (Wildman–Crippen LogP) is 3.02. The molecule has 1 aliphatic carbocycles. The fourth-order valence-corrected chi connectivity index (χ4v) is 2.09. The van der Waals surface area contributed by atoms with Crippen molar-refractivity contribution >= 4 is 0 Å². The minimum atomic E-state index is -0.357. The Balaban J connectivity index is 1.89. The Hall–Kier alpha value is -0.630. The summed E-state index contributed by atoms with van der Waals surface area (Å²) in [6.45, 7) is 7.15. The van der Waals surface area contributed by atoms with E-state index in [0.717, 1.165) is 38.9 Å². The summed E-state index contributed by atoms with van der Waals surface area (Å²) in [5.74, 6) is 0. The smallest absolute Gasteiger partial charge is 0.104 e. The van der Waals surface area contributed by atoms with E-state index in [0.29, 0.717) is 19.3 Å². The Morgan fingerprint density at radius 2 is 1.75 bits per heavy atom. The molecule has 4 nitrogen and oxygen atoms in total. The quantitative estimate of drug-likeness (QED) is 0.528. The van der Waals surface area contributed by atoms with E-state index in [-0.39, 0.29) is 5.54 Å². The summed E-state index contributed by atoms with van der Waals surface area (Å²) in [6.07, 6.45) is 7.68. The van der Waals surface area contributed by atoms with Gasteiger partial charge in [0, 0.05) is 19.3 Å². The van der Waals surface area contributed by atoms with Gasteiger partial charge in [-0.1, -0.05) is 13.3 Å². The van der Waals surface area contributed by atoms with Crippen molar-refractivity contribution < 1.29 is 9.47 Å². The Kier molecular flexibility index (Phi) is 8.84. The average molecular weight is 282 g/mol. The van der Waals surface area contributed by atoms with Crippen LogP contribution in [0.3, 0.4) is 0 Å². The van der Waals surface area contributed by atoms with Crippen LogP contribution in [0.5, 0.6) is 0 Å². The maximum Gasteiger partial charge on any atom is 0.104 e. The largest absolute Gasteiger partial charge is 0.379 e. The lowest BCUT2D eigenvalue weighted by Gasteiger charge is -2.23. The summed E-state index contributed by atoms with van der Waals surface area (Å²) in [6, 6.07) is 2.99. The third-order valence-electron chi connectivity index (χ3n) is 3.58. The highest BCUT2D eigenvalue weighted by Crippen LogP contribution is 2.24. The molecule has 1 aliphatic rings. The van der Waals surface area contributed by atoms with Crippen molar-refractivity contribution in [1.29, 1.82) is 5.26 Å². The number of nitrogens with zero attached hydrogens (tertiary/aromatic N) is 1. The Morgan fingerprint density at radius 1 is 1.10 bits per heavy atom. The first kappa shape index (κ1) is 17.4. The molecule has 0 bridgehead atoms. The number of unbranched alkanes of at least 4 members (excludes halogenated alkanes) is 2. The van der Waals surface area contributed by atoms with Gasteiger partial charge in [0.1, 0.15) is 5.54 Å². The predicted molar refractivity (Wildman–Crippen MR) is 80.6 cm³/mol. The lowest BCUT2D eigenvalue weighted by Crippen LogP contribution is -2.42. The summed E-state index contributed by atoms with van der Waals surface area (Å²) in [5.41, 5.74) is -0.357. The van der Waals surface area contributed by atoms with E-state index >= 15 is 0 Å². The van der Waals surface area contributed by atoms with Crippen molar-refractivity contribution in [3.63, 3.8) is 0 Å². The second-order valence-corrected chi connectivity index (χ2v) is 5.90. The van der Waals surface area contributed by atoms with Crippen LogP contribution in [-0.2, 0) is 9.47 Å². The van der Waals surface area contributed by atoms with Crippen LogP contribution < -0.4 is 5.32 Å². The molecule has 0 radical (unpaired) electrons. The number of rotatable bonds is 13. The molecule has 1 N–H and O–H groups in total. The summed E-state index contributed by atoms with van der Waals surface area (Å²) >= 11 is 0. The van der Waals surface area contributed by atoms with Crippen LogP contribution in [0.4, 0.5) is 0 Å². The highest BCUT2D eigenvalue weighted by atomic mass is 16.5. The van der Waals surface area contributed by atoms with Crippen molar-refractivity contribution in [2.75, 3.05) is 26.4 Å². The normalized spacial score (nSPS) is 17.6. The maximum atomic E-state index is 9.25. The molecule has 0 aromatic rings. The zero-order valence-corrected chi connectivity index (χ0v) is 13.1. The van der Waals surface area contributed by atoms with Crippen LogP contribution in [0, 0.1) is 11.3 Å². The molecule has 1 atom stereocenters. The van der Waals surface area contributed by atoms with Crippen molar-refractivity contribution in [3.8, 4) is 6.07 Å². The monoisotopic (exact) mass is 282 g/mol. The maximum absolute atomic E-state index is 9.25. The molecular formula is C16H30N2O2. The molecule has 0 spiro atoms. The first-order valence-corrected chi connectivity index (χ1v) is 8.04.